The van der Waals surface area contributed by atoms with Crippen LogP contribution in [-0.2, 0) is 4.74 Å². The second kappa shape index (κ2) is 5.52. The molecule has 1 fully saturated rings. The number of aromatic nitrogens is 2. The molecular weight excluding hydrogens is 230 g/mol. The normalized spacial score (nSPS) is 24.1. The minimum Gasteiger partial charge on any atom is -0.478 e. The molecule has 1 unspecified atom stereocenters. The second-order valence-electron chi connectivity index (χ2n) is 4.72. The third-order valence-corrected chi connectivity index (χ3v) is 3.33. The van der Waals surface area contributed by atoms with Gasteiger partial charge in [-0.15, -0.1) is 0 Å². The number of nitrogens with zero attached hydrogens (tertiary/aromatic N) is 3. The zero-order valence-electron chi connectivity index (χ0n) is 11.3. The number of rotatable bonds is 4. The molecule has 1 aromatic heterocycles. The molecule has 0 bridgehead atoms. The first-order valence-corrected chi connectivity index (χ1v) is 6.50. The summed E-state index contributed by atoms with van der Waals surface area (Å²) in [4.78, 5) is 10.6. The summed E-state index contributed by atoms with van der Waals surface area (Å²) < 4.78 is 11.2. The van der Waals surface area contributed by atoms with Gasteiger partial charge in [0.25, 0.3) is 0 Å². The molecule has 1 aliphatic heterocycles. The molecule has 0 saturated carbocycles. The van der Waals surface area contributed by atoms with E-state index in [2.05, 4.69) is 28.7 Å². The van der Waals surface area contributed by atoms with Crippen LogP contribution in [0.25, 0.3) is 0 Å². The van der Waals surface area contributed by atoms with Gasteiger partial charge in [-0.25, -0.2) is 9.97 Å². The van der Waals surface area contributed by atoms with Crippen molar-refractivity contribution >= 4 is 5.82 Å². The molecule has 0 radical (unpaired) electrons. The van der Waals surface area contributed by atoms with Gasteiger partial charge in [0.2, 0.25) is 5.88 Å². The molecule has 1 aromatic rings. The molecule has 0 N–H and O–H groups in total. The number of anilines is 1. The van der Waals surface area contributed by atoms with Gasteiger partial charge in [0.05, 0.1) is 18.8 Å². The first kappa shape index (κ1) is 13.1. The fourth-order valence-corrected chi connectivity index (χ4v) is 2.07. The van der Waals surface area contributed by atoms with Crippen LogP contribution in [0, 0.1) is 0 Å². The van der Waals surface area contributed by atoms with Crippen molar-refractivity contribution in [2.75, 3.05) is 31.2 Å². The smallest absolute Gasteiger partial charge is 0.218 e. The van der Waals surface area contributed by atoms with E-state index in [1.165, 1.54) is 0 Å². The predicted molar refractivity (Wildman–Crippen MR) is 70.1 cm³/mol. The summed E-state index contributed by atoms with van der Waals surface area (Å²) in [5, 5.41) is 0. The largest absolute Gasteiger partial charge is 0.478 e. The van der Waals surface area contributed by atoms with Crippen LogP contribution in [0.3, 0.4) is 0 Å². The van der Waals surface area contributed by atoms with Crippen LogP contribution in [0.5, 0.6) is 5.88 Å². The molecule has 5 heteroatoms. The maximum Gasteiger partial charge on any atom is 0.218 e. The highest BCUT2D eigenvalue weighted by Crippen LogP contribution is 2.25. The van der Waals surface area contributed by atoms with Crippen molar-refractivity contribution in [3.8, 4) is 5.88 Å². The number of hydrogen-bond donors (Lipinski definition) is 0. The molecule has 0 spiro atoms. The van der Waals surface area contributed by atoms with E-state index in [0.717, 1.165) is 31.9 Å². The van der Waals surface area contributed by atoms with Crippen molar-refractivity contribution in [2.45, 2.75) is 32.8 Å². The molecule has 2 heterocycles. The van der Waals surface area contributed by atoms with Crippen LogP contribution >= 0.6 is 0 Å². The van der Waals surface area contributed by atoms with Gasteiger partial charge in [-0.2, -0.15) is 0 Å². The Labute approximate surface area is 108 Å². The third-order valence-electron chi connectivity index (χ3n) is 3.33. The Bertz CT molecular complexity index is 400. The molecule has 0 aromatic carbocycles. The average Bonchev–Trinajstić information content (AvgIpc) is 2.40. The van der Waals surface area contributed by atoms with Crippen LogP contribution in [0.2, 0.25) is 0 Å². The van der Waals surface area contributed by atoms with Gasteiger partial charge in [-0.3, -0.25) is 0 Å². The van der Waals surface area contributed by atoms with Crippen molar-refractivity contribution in [3.63, 3.8) is 0 Å². The third kappa shape index (κ3) is 2.90. The summed E-state index contributed by atoms with van der Waals surface area (Å²) in [6.45, 7) is 9.30. The summed E-state index contributed by atoms with van der Waals surface area (Å²) in [7, 11) is 0. The van der Waals surface area contributed by atoms with E-state index in [4.69, 9.17) is 9.47 Å². The Balaban J connectivity index is 2.13. The summed E-state index contributed by atoms with van der Waals surface area (Å²) in [6, 6.07) is 1.89. The number of hydrogen-bond acceptors (Lipinski definition) is 5. The molecular formula is C13H21N3O2. The highest BCUT2D eigenvalue weighted by atomic mass is 16.5. The van der Waals surface area contributed by atoms with Crippen LogP contribution < -0.4 is 9.64 Å². The Hall–Kier alpha value is -1.36. The molecule has 1 saturated heterocycles. The Morgan fingerprint density at radius 2 is 2.28 bits per heavy atom. The maximum atomic E-state index is 5.83. The van der Waals surface area contributed by atoms with Crippen LogP contribution in [0.4, 0.5) is 5.82 Å². The van der Waals surface area contributed by atoms with Gasteiger partial charge < -0.3 is 14.4 Å². The minimum absolute atomic E-state index is 0.0883. The molecule has 1 aliphatic rings. The van der Waals surface area contributed by atoms with Gasteiger partial charge in [0.1, 0.15) is 12.1 Å². The first-order valence-electron chi connectivity index (χ1n) is 6.50. The van der Waals surface area contributed by atoms with Gasteiger partial charge in [0, 0.05) is 19.2 Å². The molecule has 0 amide bonds. The molecule has 1 atom stereocenters. The lowest BCUT2D eigenvalue weighted by atomic mass is 10.0. The molecule has 5 nitrogen and oxygen atoms in total. The second-order valence-corrected chi connectivity index (χ2v) is 4.72. The van der Waals surface area contributed by atoms with E-state index in [1.807, 2.05) is 13.0 Å². The number of ether oxygens (including phenoxy) is 2. The zero-order valence-corrected chi connectivity index (χ0v) is 11.3. The van der Waals surface area contributed by atoms with E-state index in [9.17, 15) is 0 Å². The van der Waals surface area contributed by atoms with Crippen LogP contribution in [0.1, 0.15) is 27.2 Å². The van der Waals surface area contributed by atoms with Crippen molar-refractivity contribution in [2.24, 2.45) is 0 Å². The highest BCUT2D eigenvalue weighted by Gasteiger charge is 2.31. The minimum atomic E-state index is -0.0883. The van der Waals surface area contributed by atoms with E-state index in [1.54, 1.807) is 6.33 Å². The lowest BCUT2D eigenvalue weighted by Gasteiger charge is -2.40. The lowest BCUT2D eigenvalue weighted by Crippen LogP contribution is -2.50. The van der Waals surface area contributed by atoms with Crippen LogP contribution in [0.15, 0.2) is 12.4 Å². The number of morpholine rings is 1. The Morgan fingerprint density at radius 3 is 3.00 bits per heavy atom. The monoisotopic (exact) mass is 251 g/mol. The van der Waals surface area contributed by atoms with Crippen molar-refractivity contribution in [1.82, 2.24) is 9.97 Å². The first-order chi connectivity index (χ1) is 8.67. The fourth-order valence-electron chi connectivity index (χ4n) is 2.07. The summed E-state index contributed by atoms with van der Waals surface area (Å²) in [6.07, 6.45) is 2.55. The summed E-state index contributed by atoms with van der Waals surface area (Å²) >= 11 is 0. The predicted octanol–water partition coefficient (Wildman–Crippen LogP) is 1.88. The van der Waals surface area contributed by atoms with Crippen molar-refractivity contribution < 1.29 is 9.47 Å². The Morgan fingerprint density at radius 1 is 1.44 bits per heavy atom. The molecule has 0 aliphatic carbocycles. The molecule has 100 valence electrons. The van der Waals surface area contributed by atoms with Crippen molar-refractivity contribution in [1.29, 1.82) is 0 Å². The van der Waals surface area contributed by atoms with Crippen LogP contribution in [-0.4, -0.2) is 41.9 Å². The van der Waals surface area contributed by atoms with E-state index in [0.29, 0.717) is 12.5 Å². The van der Waals surface area contributed by atoms with E-state index in [-0.39, 0.29) is 5.60 Å². The quantitative estimate of drug-likeness (QED) is 0.817. The van der Waals surface area contributed by atoms with E-state index < -0.39 is 0 Å². The topological polar surface area (TPSA) is 47.5 Å². The maximum absolute atomic E-state index is 5.83. The molecule has 18 heavy (non-hydrogen) atoms. The summed E-state index contributed by atoms with van der Waals surface area (Å²) in [5.74, 6) is 1.55. The SMILES string of the molecule is CCOc1cc(N2CCOC(C)(CC)C2)ncn1. The summed E-state index contributed by atoms with van der Waals surface area (Å²) in [5.41, 5.74) is -0.0883. The van der Waals surface area contributed by atoms with Gasteiger partial charge in [-0.1, -0.05) is 6.92 Å². The van der Waals surface area contributed by atoms with Gasteiger partial charge in [0.15, 0.2) is 0 Å². The highest BCUT2D eigenvalue weighted by molar-refractivity contribution is 5.41. The lowest BCUT2D eigenvalue weighted by molar-refractivity contribution is -0.0443. The zero-order chi connectivity index (χ0) is 13.0. The van der Waals surface area contributed by atoms with Gasteiger partial charge >= 0.3 is 0 Å². The standard InChI is InChI=1S/C13H21N3O2/c1-4-13(3)9-16(6-7-18-13)11-8-12(17-5-2)15-10-14-11/h8,10H,4-7,9H2,1-3H3. The fraction of sp³-hybridized carbons (Fsp3) is 0.692. The van der Waals surface area contributed by atoms with Crippen molar-refractivity contribution in [3.05, 3.63) is 12.4 Å². The van der Waals surface area contributed by atoms with Gasteiger partial charge in [-0.05, 0) is 20.3 Å². The molecule has 2 rings (SSSR count). The average molecular weight is 251 g/mol. The van der Waals surface area contributed by atoms with E-state index >= 15 is 0 Å². The Kier molecular flexibility index (Phi) is 4.01.